The molecule has 0 radical (unpaired) electrons. The monoisotopic (exact) mass is 241 g/mol. The van der Waals surface area contributed by atoms with Crippen molar-refractivity contribution in [3.63, 3.8) is 0 Å². The fraction of sp³-hybridized carbons (Fsp3) is 0.636. The standard InChI is InChI=1S/C11H19N3OS/c1-3-8(2)16-7-10-13-9(4-5-12)6-11(15)14-10/h6,8H,3-5,7,12H2,1-2H3,(H,13,14,15). The lowest BCUT2D eigenvalue weighted by molar-refractivity contribution is 0.866. The van der Waals surface area contributed by atoms with Gasteiger partial charge >= 0.3 is 0 Å². The largest absolute Gasteiger partial charge is 0.330 e. The first-order chi connectivity index (χ1) is 7.65. The molecule has 0 saturated heterocycles. The third-order valence-electron chi connectivity index (χ3n) is 2.32. The van der Waals surface area contributed by atoms with Gasteiger partial charge in [0.2, 0.25) is 0 Å². The van der Waals surface area contributed by atoms with Gasteiger partial charge in [-0.05, 0) is 13.0 Å². The maximum atomic E-state index is 11.4. The molecule has 0 amide bonds. The summed E-state index contributed by atoms with van der Waals surface area (Å²) in [6, 6.07) is 1.52. The molecule has 4 nitrogen and oxygen atoms in total. The molecule has 0 spiro atoms. The Bertz CT molecular complexity index is 378. The molecule has 0 aliphatic carbocycles. The lowest BCUT2D eigenvalue weighted by Gasteiger charge is -2.08. The zero-order chi connectivity index (χ0) is 12.0. The van der Waals surface area contributed by atoms with Crippen LogP contribution in [0.3, 0.4) is 0 Å². The van der Waals surface area contributed by atoms with Crippen LogP contribution < -0.4 is 11.3 Å². The van der Waals surface area contributed by atoms with Gasteiger partial charge in [-0.3, -0.25) is 4.79 Å². The molecule has 1 rings (SSSR count). The minimum Gasteiger partial charge on any atom is -0.330 e. The molecule has 1 heterocycles. The minimum absolute atomic E-state index is 0.0850. The highest BCUT2D eigenvalue weighted by Gasteiger charge is 2.04. The van der Waals surface area contributed by atoms with E-state index in [0.29, 0.717) is 18.2 Å². The Balaban J connectivity index is 2.68. The maximum Gasteiger partial charge on any atom is 0.251 e. The SMILES string of the molecule is CCC(C)SCc1nc(CCN)cc(=O)[nH]1. The molecule has 1 atom stereocenters. The van der Waals surface area contributed by atoms with Crippen molar-refractivity contribution in [1.29, 1.82) is 0 Å². The number of nitrogens with zero attached hydrogens (tertiary/aromatic N) is 1. The van der Waals surface area contributed by atoms with Gasteiger partial charge in [0, 0.05) is 23.4 Å². The van der Waals surface area contributed by atoms with E-state index in [9.17, 15) is 4.79 Å². The van der Waals surface area contributed by atoms with E-state index in [1.807, 2.05) is 0 Å². The number of aromatic amines is 1. The number of aromatic nitrogens is 2. The highest BCUT2D eigenvalue weighted by molar-refractivity contribution is 7.99. The molecular weight excluding hydrogens is 222 g/mol. The fourth-order valence-electron chi connectivity index (χ4n) is 1.25. The second-order valence-corrected chi connectivity index (χ2v) is 5.18. The van der Waals surface area contributed by atoms with Crippen LogP contribution in [0.15, 0.2) is 10.9 Å². The van der Waals surface area contributed by atoms with Gasteiger partial charge in [0.25, 0.3) is 5.56 Å². The van der Waals surface area contributed by atoms with E-state index in [4.69, 9.17) is 5.73 Å². The smallest absolute Gasteiger partial charge is 0.251 e. The van der Waals surface area contributed by atoms with Crippen LogP contribution in [0.4, 0.5) is 0 Å². The van der Waals surface area contributed by atoms with Crippen molar-refractivity contribution >= 4 is 11.8 Å². The molecule has 16 heavy (non-hydrogen) atoms. The zero-order valence-electron chi connectivity index (χ0n) is 9.82. The molecule has 5 heteroatoms. The van der Waals surface area contributed by atoms with Crippen molar-refractivity contribution in [2.45, 2.75) is 37.7 Å². The van der Waals surface area contributed by atoms with Gasteiger partial charge in [-0.1, -0.05) is 13.8 Å². The summed E-state index contributed by atoms with van der Waals surface area (Å²) >= 11 is 1.80. The van der Waals surface area contributed by atoms with Gasteiger partial charge in [0.1, 0.15) is 5.82 Å². The topological polar surface area (TPSA) is 71.8 Å². The van der Waals surface area contributed by atoms with E-state index in [-0.39, 0.29) is 5.56 Å². The molecule has 0 fully saturated rings. The predicted octanol–water partition coefficient (Wildman–Crippen LogP) is 1.30. The van der Waals surface area contributed by atoms with Gasteiger partial charge in [-0.2, -0.15) is 11.8 Å². The molecule has 0 saturated carbocycles. The van der Waals surface area contributed by atoms with Gasteiger partial charge in [-0.25, -0.2) is 4.98 Å². The Labute approximate surface area is 100 Å². The first kappa shape index (κ1) is 13.3. The van der Waals surface area contributed by atoms with Crippen molar-refractivity contribution in [2.24, 2.45) is 5.73 Å². The predicted molar refractivity (Wildman–Crippen MR) is 68.7 cm³/mol. The molecular formula is C11H19N3OS. The van der Waals surface area contributed by atoms with Crippen LogP contribution in [0.25, 0.3) is 0 Å². The van der Waals surface area contributed by atoms with Crippen molar-refractivity contribution in [3.8, 4) is 0 Å². The number of rotatable bonds is 6. The second kappa shape index (κ2) is 6.70. The number of thioether (sulfide) groups is 1. The first-order valence-corrected chi connectivity index (χ1v) is 6.61. The lowest BCUT2D eigenvalue weighted by Crippen LogP contribution is -2.15. The van der Waals surface area contributed by atoms with Gasteiger partial charge < -0.3 is 10.7 Å². The van der Waals surface area contributed by atoms with Crippen LogP contribution >= 0.6 is 11.8 Å². The van der Waals surface area contributed by atoms with Crippen molar-refractivity contribution in [2.75, 3.05) is 6.54 Å². The third-order valence-corrected chi connectivity index (χ3v) is 3.67. The Morgan fingerprint density at radius 1 is 1.62 bits per heavy atom. The van der Waals surface area contributed by atoms with E-state index in [2.05, 4.69) is 23.8 Å². The highest BCUT2D eigenvalue weighted by atomic mass is 32.2. The summed E-state index contributed by atoms with van der Waals surface area (Å²) in [7, 11) is 0. The van der Waals surface area contributed by atoms with Gasteiger partial charge in [-0.15, -0.1) is 0 Å². The molecule has 1 aromatic rings. The Hall–Kier alpha value is -0.810. The van der Waals surface area contributed by atoms with Crippen LogP contribution in [0, 0.1) is 0 Å². The van der Waals surface area contributed by atoms with Crippen LogP contribution in [0.5, 0.6) is 0 Å². The average molecular weight is 241 g/mol. The summed E-state index contributed by atoms with van der Waals surface area (Å²) in [5.74, 6) is 1.50. The van der Waals surface area contributed by atoms with E-state index in [1.54, 1.807) is 11.8 Å². The van der Waals surface area contributed by atoms with Gasteiger partial charge in [0.15, 0.2) is 0 Å². The summed E-state index contributed by atoms with van der Waals surface area (Å²) in [4.78, 5) is 18.5. The van der Waals surface area contributed by atoms with Crippen molar-refractivity contribution < 1.29 is 0 Å². The quantitative estimate of drug-likeness (QED) is 0.787. The summed E-state index contributed by atoms with van der Waals surface area (Å²) in [6.07, 6.45) is 1.78. The summed E-state index contributed by atoms with van der Waals surface area (Å²) in [6.45, 7) is 4.85. The molecule has 0 aromatic carbocycles. The summed E-state index contributed by atoms with van der Waals surface area (Å²) < 4.78 is 0. The van der Waals surface area contributed by atoms with E-state index >= 15 is 0 Å². The molecule has 0 aliphatic heterocycles. The molecule has 0 aliphatic rings. The molecule has 3 N–H and O–H groups in total. The first-order valence-electron chi connectivity index (χ1n) is 5.56. The maximum absolute atomic E-state index is 11.4. The molecule has 0 bridgehead atoms. The Morgan fingerprint density at radius 3 is 3.00 bits per heavy atom. The number of hydrogen-bond donors (Lipinski definition) is 2. The zero-order valence-corrected chi connectivity index (χ0v) is 10.6. The van der Waals surface area contributed by atoms with E-state index < -0.39 is 0 Å². The van der Waals surface area contributed by atoms with Crippen LogP contribution in [0.1, 0.15) is 31.8 Å². The summed E-state index contributed by atoms with van der Waals surface area (Å²) in [5, 5.41) is 0.587. The third kappa shape index (κ3) is 4.37. The Morgan fingerprint density at radius 2 is 2.38 bits per heavy atom. The number of nitrogens with one attached hydrogen (secondary N) is 1. The number of H-pyrrole nitrogens is 1. The fourth-order valence-corrected chi connectivity index (χ4v) is 2.06. The van der Waals surface area contributed by atoms with Crippen LogP contribution in [-0.4, -0.2) is 21.8 Å². The lowest BCUT2D eigenvalue weighted by atomic mass is 10.3. The van der Waals surface area contributed by atoms with Crippen molar-refractivity contribution in [1.82, 2.24) is 9.97 Å². The van der Waals surface area contributed by atoms with Crippen LogP contribution in [0.2, 0.25) is 0 Å². The van der Waals surface area contributed by atoms with E-state index in [1.165, 1.54) is 6.07 Å². The number of nitrogens with two attached hydrogens (primary N) is 1. The average Bonchev–Trinajstić information content (AvgIpc) is 2.25. The van der Waals surface area contributed by atoms with Crippen LogP contribution in [-0.2, 0) is 12.2 Å². The molecule has 1 aromatic heterocycles. The molecule has 90 valence electrons. The van der Waals surface area contributed by atoms with Crippen molar-refractivity contribution in [3.05, 3.63) is 27.9 Å². The minimum atomic E-state index is -0.0850. The number of hydrogen-bond acceptors (Lipinski definition) is 4. The Kier molecular flexibility index (Phi) is 5.55. The normalized spacial score (nSPS) is 12.7. The van der Waals surface area contributed by atoms with E-state index in [0.717, 1.165) is 23.7 Å². The van der Waals surface area contributed by atoms with Gasteiger partial charge in [0.05, 0.1) is 5.75 Å². The second-order valence-electron chi connectivity index (χ2n) is 3.75. The highest BCUT2D eigenvalue weighted by Crippen LogP contribution is 2.17. The molecule has 1 unspecified atom stereocenters. The summed E-state index contributed by atoms with van der Waals surface area (Å²) in [5.41, 5.74) is 6.15.